The lowest BCUT2D eigenvalue weighted by Gasteiger charge is -2.13. The second-order valence-corrected chi connectivity index (χ2v) is 10.9. The molecule has 0 spiro atoms. The van der Waals surface area contributed by atoms with E-state index in [0.29, 0.717) is 28.6 Å². The summed E-state index contributed by atoms with van der Waals surface area (Å²) in [5.41, 5.74) is 1.56. The number of pyridine rings is 1. The molecule has 1 N–H and O–H groups in total. The molecule has 0 radical (unpaired) electrons. The van der Waals surface area contributed by atoms with Gasteiger partial charge in [0, 0.05) is 17.0 Å². The van der Waals surface area contributed by atoms with Crippen LogP contribution in [0.5, 0.6) is 0 Å². The van der Waals surface area contributed by atoms with Crippen molar-refractivity contribution in [2.75, 3.05) is 18.1 Å². The van der Waals surface area contributed by atoms with E-state index >= 15 is 0 Å². The van der Waals surface area contributed by atoms with Crippen LogP contribution in [0.15, 0.2) is 42.5 Å². The number of carbonyl (C=O) groups is 2. The Labute approximate surface area is 204 Å². The number of halogens is 3. The van der Waals surface area contributed by atoms with Gasteiger partial charge in [-0.3, -0.25) is 4.79 Å². The Morgan fingerprint density at radius 2 is 1.85 bits per heavy atom. The molecule has 1 amide bonds. The minimum Gasteiger partial charge on any atom is -0.452 e. The van der Waals surface area contributed by atoms with Gasteiger partial charge in [0.1, 0.15) is 0 Å². The van der Waals surface area contributed by atoms with E-state index < -0.39 is 34.4 Å². The molecule has 172 valence electrons. The van der Waals surface area contributed by atoms with E-state index in [2.05, 4.69) is 10.3 Å². The number of sulfone groups is 1. The third kappa shape index (κ3) is 5.24. The Morgan fingerprint density at radius 1 is 1.09 bits per heavy atom. The lowest BCUT2D eigenvalue weighted by molar-refractivity contribution is -0.124. The van der Waals surface area contributed by atoms with Crippen LogP contribution in [0, 0.1) is 0 Å². The fourth-order valence-corrected chi connectivity index (χ4v) is 5.90. The summed E-state index contributed by atoms with van der Waals surface area (Å²) in [6.07, 6.45) is 0.338. The molecular formula is C22H17Cl3N2O5S. The number of benzene rings is 2. The summed E-state index contributed by atoms with van der Waals surface area (Å²) >= 11 is 18.5. The van der Waals surface area contributed by atoms with Crippen molar-refractivity contribution >= 4 is 67.4 Å². The summed E-state index contributed by atoms with van der Waals surface area (Å²) in [5, 5.41) is 3.76. The fourth-order valence-electron chi connectivity index (χ4n) is 3.59. The first kappa shape index (κ1) is 23.8. The van der Waals surface area contributed by atoms with Gasteiger partial charge in [-0.2, -0.15) is 0 Å². The number of ether oxygens (including phenoxy) is 1. The molecule has 33 heavy (non-hydrogen) atoms. The maximum atomic E-state index is 12.9. The number of nitrogens with one attached hydrogen (secondary N) is 1. The summed E-state index contributed by atoms with van der Waals surface area (Å²) < 4.78 is 28.3. The van der Waals surface area contributed by atoms with Crippen molar-refractivity contribution in [1.82, 2.24) is 10.3 Å². The molecule has 0 aliphatic carbocycles. The molecule has 11 heteroatoms. The quantitative estimate of drug-likeness (QED) is 0.392. The van der Waals surface area contributed by atoms with Crippen LogP contribution in [0.25, 0.3) is 22.2 Å². The summed E-state index contributed by atoms with van der Waals surface area (Å²) in [6, 6.07) is 11.2. The van der Waals surface area contributed by atoms with Gasteiger partial charge in [0.05, 0.1) is 43.3 Å². The molecule has 7 nitrogen and oxygen atoms in total. The van der Waals surface area contributed by atoms with Crippen molar-refractivity contribution in [3.05, 3.63) is 63.1 Å². The van der Waals surface area contributed by atoms with E-state index in [1.807, 2.05) is 0 Å². The standard InChI is InChI=1S/C22H17Cl3N2O5S/c23-16-6-5-14(20(24)21(16)25)18-9-15(13-3-1-2-4-17(13)27-18)22(29)32-10-19(28)26-12-7-8-33(30,31)11-12/h1-6,9,12H,7-8,10-11H2,(H,26,28). The van der Waals surface area contributed by atoms with Crippen LogP contribution in [0.3, 0.4) is 0 Å². The number of aromatic nitrogens is 1. The van der Waals surface area contributed by atoms with Gasteiger partial charge < -0.3 is 10.1 Å². The van der Waals surface area contributed by atoms with Crippen LogP contribution in [0.1, 0.15) is 16.8 Å². The molecule has 1 atom stereocenters. The van der Waals surface area contributed by atoms with Gasteiger partial charge in [-0.05, 0) is 30.7 Å². The van der Waals surface area contributed by atoms with Crippen LogP contribution < -0.4 is 5.32 Å². The van der Waals surface area contributed by atoms with Gasteiger partial charge in [0.15, 0.2) is 16.4 Å². The average Bonchev–Trinajstić information content (AvgIpc) is 3.13. The molecule has 1 aliphatic rings. The minimum absolute atomic E-state index is 0.0286. The number of hydrogen-bond acceptors (Lipinski definition) is 6. The monoisotopic (exact) mass is 526 g/mol. The predicted molar refractivity (Wildman–Crippen MR) is 128 cm³/mol. The minimum atomic E-state index is -3.14. The van der Waals surface area contributed by atoms with E-state index in [4.69, 9.17) is 39.5 Å². The molecule has 1 unspecified atom stereocenters. The average molecular weight is 528 g/mol. The van der Waals surface area contributed by atoms with Crippen molar-refractivity contribution in [3.8, 4) is 11.3 Å². The zero-order valence-corrected chi connectivity index (χ0v) is 20.1. The van der Waals surface area contributed by atoms with E-state index in [1.54, 1.807) is 36.4 Å². The smallest absolute Gasteiger partial charge is 0.339 e. The zero-order valence-electron chi connectivity index (χ0n) is 17.0. The number of hydrogen-bond donors (Lipinski definition) is 1. The molecule has 1 saturated heterocycles. The maximum absolute atomic E-state index is 12.9. The number of rotatable bonds is 5. The molecule has 2 heterocycles. The SMILES string of the molecule is O=C(COC(=O)c1cc(-c2ccc(Cl)c(Cl)c2Cl)nc2ccccc12)NC1CCS(=O)(=O)C1. The normalized spacial score (nSPS) is 17.1. The van der Waals surface area contributed by atoms with Gasteiger partial charge in [-0.15, -0.1) is 0 Å². The lowest BCUT2D eigenvalue weighted by Crippen LogP contribution is -2.38. The van der Waals surface area contributed by atoms with Gasteiger partial charge in [-0.1, -0.05) is 53.0 Å². The van der Waals surface area contributed by atoms with Crippen LogP contribution in [0.2, 0.25) is 15.1 Å². The number of amides is 1. The largest absolute Gasteiger partial charge is 0.452 e. The zero-order chi connectivity index (χ0) is 23.8. The first-order valence-corrected chi connectivity index (χ1v) is 12.8. The van der Waals surface area contributed by atoms with Crippen molar-refractivity contribution < 1.29 is 22.7 Å². The maximum Gasteiger partial charge on any atom is 0.339 e. The summed E-state index contributed by atoms with van der Waals surface area (Å²) in [5.74, 6) is -1.40. The molecule has 0 saturated carbocycles. The van der Waals surface area contributed by atoms with Crippen LogP contribution in [0.4, 0.5) is 0 Å². The molecule has 1 fully saturated rings. The molecule has 2 aromatic carbocycles. The Kier molecular flexibility index (Phi) is 6.81. The van der Waals surface area contributed by atoms with Gasteiger partial charge in [-0.25, -0.2) is 18.2 Å². The van der Waals surface area contributed by atoms with E-state index in [0.717, 1.165) is 0 Å². The number of fused-ring (bicyclic) bond motifs is 1. The van der Waals surface area contributed by atoms with Crippen LogP contribution >= 0.6 is 34.8 Å². The summed E-state index contributed by atoms with van der Waals surface area (Å²) in [6.45, 7) is -0.547. The van der Waals surface area contributed by atoms with Crippen LogP contribution in [-0.2, 0) is 19.4 Å². The highest BCUT2D eigenvalue weighted by Gasteiger charge is 2.29. The van der Waals surface area contributed by atoms with Crippen molar-refractivity contribution in [2.45, 2.75) is 12.5 Å². The van der Waals surface area contributed by atoms with Crippen molar-refractivity contribution in [3.63, 3.8) is 0 Å². The lowest BCUT2D eigenvalue weighted by atomic mass is 10.0. The molecule has 1 aromatic heterocycles. The van der Waals surface area contributed by atoms with Crippen molar-refractivity contribution in [1.29, 1.82) is 0 Å². The first-order valence-electron chi connectivity index (χ1n) is 9.85. The topological polar surface area (TPSA) is 102 Å². The first-order chi connectivity index (χ1) is 15.6. The third-order valence-corrected chi connectivity index (χ3v) is 8.24. The molecule has 3 aromatic rings. The summed E-state index contributed by atoms with van der Waals surface area (Å²) in [7, 11) is -3.14. The number of para-hydroxylation sites is 1. The van der Waals surface area contributed by atoms with Gasteiger partial charge in [0.2, 0.25) is 0 Å². The Bertz CT molecular complexity index is 1380. The second-order valence-electron chi connectivity index (χ2n) is 7.54. The number of esters is 1. The van der Waals surface area contributed by atoms with Crippen molar-refractivity contribution in [2.24, 2.45) is 0 Å². The Balaban J connectivity index is 1.58. The Morgan fingerprint density at radius 3 is 2.58 bits per heavy atom. The van der Waals surface area contributed by atoms with E-state index in [1.165, 1.54) is 6.07 Å². The molecule has 0 bridgehead atoms. The highest BCUT2D eigenvalue weighted by molar-refractivity contribution is 7.91. The summed E-state index contributed by atoms with van der Waals surface area (Å²) in [4.78, 5) is 29.6. The Hall–Kier alpha value is -2.39. The van der Waals surface area contributed by atoms with Crippen LogP contribution in [-0.4, -0.2) is 49.4 Å². The highest BCUT2D eigenvalue weighted by atomic mass is 35.5. The molecule has 1 aliphatic heterocycles. The number of nitrogens with zero attached hydrogens (tertiary/aromatic N) is 1. The highest BCUT2D eigenvalue weighted by Crippen LogP contribution is 2.38. The van der Waals surface area contributed by atoms with Gasteiger partial charge in [0.25, 0.3) is 5.91 Å². The molecule has 4 rings (SSSR count). The van der Waals surface area contributed by atoms with Gasteiger partial charge >= 0.3 is 5.97 Å². The number of carbonyl (C=O) groups excluding carboxylic acids is 2. The predicted octanol–water partition coefficient (Wildman–Crippen LogP) is 4.32. The fraction of sp³-hybridized carbons (Fsp3) is 0.227. The second kappa shape index (κ2) is 9.46. The van der Waals surface area contributed by atoms with E-state index in [9.17, 15) is 18.0 Å². The third-order valence-electron chi connectivity index (χ3n) is 5.18. The van der Waals surface area contributed by atoms with E-state index in [-0.39, 0.29) is 32.1 Å². The molecular weight excluding hydrogens is 511 g/mol.